The third-order valence-corrected chi connectivity index (χ3v) is 3.90. The second kappa shape index (κ2) is 7.41. The van der Waals surface area contributed by atoms with Gasteiger partial charge in [0.05, 0.1) is 11.4 Å². The van der Waals surface area contributed by atoms with Crippen molar-refractivity contribution >= 4 is 0 Å². The maximum atomic E-state index is 4.58. The molecule has 0 spiro atoms. The van der Waals surface area contributed by atoms with Gasteiger partial charge in [0.25, 0.3) is 0 Å². The highest BCUT2D eigenvalue weighted by Gasteiger charge is 2.16. The van der Waals surface area contributed by atoms with Gasteiger partial charge in [0.15, 0.2) is 0 Å². The second-order valence-electron chi connectivity index (χ2n) is 5.54. The first-order valence-corrected chi connectivity index (χ1v) is 7.88. The number of imidazole rings is 1. The minimum Gasteiger partial charge on any atom is -0.338 e. The average molecular weight is 289 g/mol. The molecule has 2 heterocycles. The Morgan fingerprint density at radius 1 is 1.29 bits per heavy atom. The average Bonchev–Trinajstić information content (AvgIpc) is 3.05. The molecule has 0 aromatic carbocycles. The van der Waals surface area contributed by atoms with E-state index in [9.17, 15) is 0 Å². The zero-order valence-electron chi connectivity index (χ0n) is 13.6. The summed E-state index contributed by atoms with van der Waals surface area (Å²) in [6, 6.07) is 2.56. The third-order valence-electron chi connectivity index (χ3n) is 3.90. The van der Waals surface area contributed by atoms with Crippen LogP contribution in [0.5, 0.6) is 0 Å². The Hall–Kier alpha value is -1.62. The van der Waals surface area contributed by atoms with E-state index in [1.54, 1.807) is 0 Å². The number of hydrogen-bond donors (Lipinski definition) is 1. The van der Waals surface area contributed by atoms with Gasteiger partial charge in [-0.25, -0.2) is 4.98 Å². The van der Waals surface area contributed by atoms with E-state index in [0.717, 1.165) is 43.7 Å². The number of aromatic nitrogens is 4. The fourth-order valence-electron chi connectivity index (χ4n) is 2.63. The van der Waals surface area contributed by atoms with E-state index in [-0.39, 0.29) is 0 Å². The molecular formula is C16H27N5. The van der Waals surface area contributed by atoms with Crippen molar-refractivity contribution in [3.63, 3.8) is 0 Å². The van der Waals surface area contributed by atoms with Gasteiger partial charge in [0, 0.05) is 39.0 Å². The molecule has 116 valence electrons. The van der Waals surface area contributed by atoms with Gasteiger partial charge in [-0.3, -0.25) is 4.68 Å². The highest BCUT2D eigenvalue weighted by Crippen LogP contribution is 2.20. The maximum Gasteiger partial charge on any atom is 0.108 e. The van der Waals surface area contributed by atoms with Crippen molar-refractivity contribution in [3.8, 4) is 0 Å². The van der Waals surface area contributed by atoms with Gasteiger partial charge in [-0.05, 0) is 31.9 Å². The standard InChI is InChI=1S/C16H27N5/c1-5-9-17-14(7-8-16-18-10-11-20(16)3)15-12-13(6-2)19-21(15)4/h10-12,14,17H,5-9H2,1-4H3. The van der Waals surface area contributed by atoms with E-state index >= 15 is 0 Å². The van der Waals surface area contributed by atoms with Crippen LogP contribution in [0.25, 0.3) is 0 Å². The van der Waals surface area contributed by atoms with Crippen molar-refractivity contribution in [2.45, 2.75) is 45.6 Å². The van der Waals surface area contributed by atoms with Crippen LogP contribution in [0, 0.1) is 0 Å². The van der Waals surface area contributed by atoms with Gasteiger partial charge in [-0.15, -0.1) is 0 Å². The molecule has 1 unspecified atom stereocenters. The molecular weight excluding hydrogens is 262 g/mol. The summed E-state index contributed by atoms with van der Waals surface area (Å²) >= 11 is 0. The quantitative estimate of drug-likeness (QED) is 0.811. The Labute approximate surface area is 127 Å². The predicted octanol–water partition coefficient (Wildman–Crippen LogP) is 2.39. The monoisotopic (exact) mass is 289 g/mol. The normalized spacial score (nSPS) is 12.8. The molecule has 0 saturated heterocycles. The Morgan fingerprint density at radius 2 is 2.10 bits per heavy atom. The van der Waals surface area contributed by atoms with Gasteiger partial charge in [0.2, 0.25) is 0 Å². The van der Waals surface area contributed by atoms with Crippen LogP contribution in [0.1, 0.15) is 49.9 Å². The molecule has 2 aromatic rings. The molecule has 0 aliphatic heterocycles. The molecule has 0 amide bonds. The van der Waals surface area contributed by atoms with E-state index in [4.69, 9.17) is 0 Å². The summed E-state index contributed by atoms with van der Waals surface area (Å²) in [5.74, 6) is 1.14. The fourth-order valence-corrected chi connectivity index (χ4v) is 2.63. The van der Waals surface area contributed by atoms with Crippen LogP contribution in [0.4, 0.5) is 0 Å². The van der Waals surface area contributed by atoms with Crippen LogP contribution in [0.15, 0.2) is 18.5 Å². The smallest absolute Gasteiger partial charge is 0.108 e. The van der Waals surface area contributed by atoms with Crippen LogP contribution in [-0.2, 0) is 26.9 Å². The van der Waals surface area contributed by atoms with Crippen molar-refractivity contribution in [3.05, 3.63) is 35.7 Å². The lowest BCUT2D eigenvalue weighted by atomic mass is 10.1. The lowest BCUT2D eigenvalue weighted by molar-refractivity contribution is 0.462. The van der Waals surface area contributed by atoms with E-state index in [0.29, 0.717) is 6.04 Å². The lowest BCUT2D eigenvalue weighted by Gasteiger charge is -2.18. The molecule has 5 nitrogen and oxygen atoms in total. The van der Waals surface area contributed by atoms with Crippen molar-refractivity contribution in [1.29, 1.82) is 0 Å². The summed E-state index contributed by atoms with van der Waals surface area (Å²) in [6.07, 6.45) is 7.99. The number of nitrogens with zero attached hydrogens (tertiary/aromatic N) is 4. The van der Waals surface area contributed by atoms with E-state index in [1.807, 2.05) is 24.1 Å². The van der Waals surface area contributed by atoms with Crippen molar-refractivity contribution in [1.82, 2.24) is 24.6 Å². The topological polar surface area (TPSA) is 47.7 Å². The van der Waals surface area contributed by atoms with Crippen LogP contribution in [0.3, 0.4) is 0 Å². The SMILES string of the molecule is CCCNC(CCc1nccn1C)c1cc(CC)nn1C. The summed E-state index contributed by atoms with van der Waals surface area (Å²) in [6.45, 7) is 5.37. The number of aryl methyl sites for hydroxylation is 4. The molecule has 5 heteroatoms. The Balaban J connectivity index is 2.09. The lowest BCUT2D eigenvalue weighted by Crippen LogP contribution is -2.25. The molecule has 0 fully saturated rings. The number of hydrogen-bond acceptors (Lipinski definition) is 3. The first-order valence-electron chi connectivity index (χ1n) is 7.88. The maximum absolute atomic E-state index is 4.58. The zero-order valence-corrected chi connectivity index (χ0v) is 13.6. The Bertz CT molecular complexity index is 555. The molecule has 1 N–H and O–H groups in total. The molecule has 0 bridgehead atoms. The van der Waals surface area contributed by atoms with E-state index in [1.165, 1.54) is 5.69 Å². The van der Waals surface area contributed by atoms with Crippen molar-refractivity contribution in [2.75, 3.05) is 6.54 Å². The predicted molar refractivity (Wildman–Crippen MR) is 85.1 cm³/mol. The molecule has 1 atom stereocenters. The first kappa shape index (κ1) is 15.8. The third kappa shape index (κ3) is 3.94. The van der Waals surface area contributed by atoms with E-state index in [2.05, 4.69) is 46.9 Å². The van der Waals surface area contributed by atoms with Crippen LogP contribution >= 0.6 is 0 Å². The van der Waals surface area contributed by atoms with Gasteiger partial charge >= 0.3 is 0 Å². The van der Waals surface area contributed by atoms with Crippen LogP contribution < -0.4 is 5.32 Å². The molecule has 0 saturated carbocycles. The summed E-state index contributed by atoms with van der Waals surface area (Å²) < 4.78 is 4.11. The highest BCUT2D eigenvalue weighted by molar-refractivity contribution is 5.14. The summed E-state index contributed by atoms with van der Waals surface area (Å²) in [7, 11) is 4.09. The molecule has 0 aliphatic rings. The van der Waals surface area contributed by atoms with Crippen molar-refractivity contribution < 1.29 is 0 Å². The summed E-state index contributed by atoms with van der Waals surface area (Å²) in [5, 5.41) is 8.22. The van der Waals surface area contributed by atoms with Crippen LogP contribution in [0.2, 0.25) is 0 Å². The molecule has 21 heavy (non-hydrogen) atoms. The minimum absolute atomic E-state index is 0.333. The summed E-state index contributed by atoms with van der Waals surface area (Å²) in [5.41, 5.74) is 2.43. The largest absolute Gasteiger partial charge is 0.338 e. The van der Waals surface area contributed by atoms with Gasteiger partial charge < -0.3 is 9.88 Å². The van der Waals surface area contributed by atoms with Gasteiger partial charge in [-0.2, -0.15) is 5.10 Å². The fraction of sp³-hybridized carbons (Fsp3) is 0.625. The number of rotatable bonds is 8. The molecule has 0 aliphatic carbocycles. The minimum atomic E-state index is 0.333. The highest BCUT2D eigenvalue weighted by atomic mass is 15.3. The molecule has 2 aromatic heterocycles. The number of nitrogens with one attached hydrogen (secondary N) is 1. The molecule has 2 rings (SSSR count). The van der Waals surface area contributed by atoms with E-state index < -0.39 is 0 Å². The molecule has 0 radical (unpaired) electrons. The first-order chi connectivity index (χ1) is 10.2. The second-order valence-corrected chi connectivity index (χ2v) is 5.54. The Morgan fingerprint density at radius 3 is 2.67 bits per heavy atom. The zero-order chi connectivity index (χ0) is 15.2. The van der Waals surface area contributed by atoms with Crippen molar-refractivity contribution in [2.24, 2.45) is 14.1 Å². The van der Waals surface area contributed by atoms with Gasteiger partial charge in [0.1, 0.15) is 5.82 Å². The Kier molecular flexibility index (Phi) is 5.56. The summed E-state index contributed by atoms with van der Waals surface area (Å²) in [4.78, 5) is 4.42. The van der Waals surface area contributed by atoms with Crippen LogP contribution in [-0.4, -0.2) is 25.9 Å². The van der Waals surface area contributed by atoms with Gasteiger partial charge in [-0.1, -0.05) is 13.8 Å².